The van der Waals surface area contributed by atoms with Gasteiger partial charge in [-0.25, -0.2) is 0 Å². The number of hydrogen-bond acceptors (Lipinski definition) is 3. The van der Waals surface area contributed by atoms with Gasteiger partial charge in [-0.1, -0.05) is 6.92 Å². The van der Waals surface area contributed by atoms with Crippen LogP contribution in [0.5, 0.6) is 0 Å². The SMILES string of the molecule is CCC1CN(CC(=O)N(CC)CC)CCC1O. The van der Waals surface area contributed by atoms with E-state index in [2.05, 4.69) is 11.8 Å². The van der Waals surface area contributed by atoms with E-state index in [1.807, 2.05) is 18.7 Å². The number of likely N-dealkylation sites (tertiary alicyclic amines) is 1. The summed E-state index contributed by atoms with van der Waals surface area (Å²) in [5, 5.41) is 9.80. The third-order valence-corrected chi connectivity index (χ3v) is 3.78. The van der Waals surface area contributed by atoms with Gasteiger partial charge in [-0.3, -0.25) is 9.69 Å². The second-order valence-corrected chi connectivity index (χ2v) is 4.83. The molecule has 100 valence electrons. The Morgan fingerprint density at radius 3 is 2.53 bits per heavy atom. The van der Waals surface area contributed by atoms with Gasteiger partial charge in [0.25, 0.3) is 0 Å². The summed E-state index contributed by atoms with van der Waals surface area (Å²) in [5.74, 6) is 0.537. The highest BCUT2D eigenvalue weighted by molar-refractivity contribution is 5.78. The molecule has 1 rings (SSSR count). The van der Waals surface area contributed by atoms with E-state index in [1.165, 1.54) is 0 Å². The zero-order valence-electron chi connectivity index (χ0n) is 11.4. The average Bonchev–Trinajstić information content (AvgIpc) is 2.33. The summed E-state index contributed by atoms with van der Waals surface area (Å²) in [6.07, 6.45) is 1.60. The molecule has 1 amide bonds. The smallest absolute Gasteiger partial charge is 0.236 e. The predicted octanol–water partition coefficient (Wildman–Crippen LogP) is 0.948. The van der Waals surface area contributed by atoms with Crippen LogP contribution in [0.2, 0.25) is 0 Å². The van der Waals surface area contributed by atoms with E-state index in [0.29, 0.717) is 12.5 Å². The Morgan fingerprint density at radius 1 is 1.35 bits per heavy atom. The van der Waals surface area contributed by atoms with Crippen LogP contribution in [-0.2, 0) is 4.79 Å². The lowest BCUT2D eigenvalue weighted by atomic mass is 9.92. The van der Waals surface area contributed by atoms with Gasteiger partial charge in [0.15, 0.2) is 0 Å². The summed E-state index contributed by atoms with van der Waals surface area (Å²) in [4.78, 5) is 16.0. The molecule has 0 aromatic carbocycles. The van der Waals surface area contributed by atoms with Gasteiger partial charge in [0.1, 0.15) is 0 Å². The minimum Gasteiger partial charge on any atom is -0.393 e. The van der Waals surface area contributed by atoms with Crippen molar-refractivity contribution >= 4 is 5.91 Å². The Kier molecular flexibility index (Phi) is 5.92. The van der Waals surface area contributed by atoms with Gasteiger partial charge in [0.05, 0.1) is 12.6 Å². The van der Waals surface area contributed by atoms with E-state index in [0.717, 1.165) is 39.0 Å². The maximum atomic E-state index is 12.0. The van der Waals surface area contributed by atoms with Crippen molar-refractivity contribution in [3.05, 3.63) is 0 Å². The number of carbonyl (C=O) groups is 1. The second kappa shape index (κ2) is 6.97. The molecule has 0 aromatic heterocycles. The number of rotatable bonds is 5. The van der Waals surface area contributed by atoms with Crippen molar-refractivity contribution in [2.45, 2.75) is 39.7 Å². The lowest BCUT2D eigenvalue weighted by molar-refractivity contribution is -0.133. The molecule has 4 heteroatoms. The monoisotopic (exact) mass is 242 g/mol. The molecule has 0 saturated carbocycles. The van der Waals surface area contributed by atoms with E-state index in [-0.39, 0.29) is 12.0 Å². The molecular weight excluding hydrogens is 216 g/mol. The Bertz CT molecular complexity index is 242. The summed E-state index contributed by atoms with van der Waals surface area (Å²) in [6.45, 7) is 9.88. The van der Waals surface area contributed by atoms with Crippen LogP contribution < -0.4 is 0 Å². The summed E-state index contributed by atoms with van der Waals surface area (Å²) in [5.41, 5.74) is 0. The van der Waals surface area contributed by atoms with Gasteiger partial charge in [-0.2, -0.15) is 0 Å². The van der Waals surface area contributed by atoms with E-state index in [9.17, 15) is 9.90 Å². The highest BCUT2D eigenvalue weighted by Crippen LogP contribution is 2.19. The molecule has 2 unspecified atom stereocenters. The Labute approximate surface area is 105 Å². The molecule has 1 heterocycles. The summed E-state index contributed by atoms with van der Waals surface area (Å²) in [7, 11) is 0. The molecule has 0 aromatic rings. The molecule has 0 spiro atoms. The first-order valence-corrected chi connectivity index (χ1v) is 6.80. The highest BCUT2D eigenvalue weighted by atomic mass is 16.3. The number of carbonyl (C=O) groups excluding carboxylic acids is 1. The number of nitrogens with zero attached hydrogens (tertiary/aromatic N) is 2. The maximum absolute atomic E-state index is 12.0. The van der Waals surface area contributed by atoms with Gasteiger partial charge in [0.2, 0.25) is 5.91 Å². The molecule has 17 heavy (non-hydrogen) atoms. The van der Waals surface area contributed by atoms with Crippen molar-refractivity contribution in [2.75, 3.05) is 32.7 Å². The lowest BCUT2D eigenvalue weighted by Gasteiger charge is -2.36. The highest BCUT2D eigenvalue weighted by Gasteiger charge is 2.27. The summed E-state index contributed by atoms with van der Waals surface area (Å²) in [6, 6.07) is 0. The number of aliphatic hydroxyl groups is 1. The number of likely N-dealkylation sites (N-methyl/N-ethyl adjacent to an activating group) is 1. The molecular formula is C13H26N2O2. The third-order valence-electron chi connectivity index (χ3n) is 3.78. The largest absolute Gasteiger partial charge is 0.393 e. The lowest BCUT2D eigenvalue weighted by Crippen LogP contribution is -2.47. The zero-order valence-corrected chi connectivity index (χ0v) is 11.4. The first-order valence-electron chi connectivity index (χ1n) is 6.80. The first kappa shape index (κ1) is 14.5. The molecule has 1 N–H and O–H groups in total. The van der Waals surface area contributed by atoms with Crippen LogP contribution >= 0.6 is 0 Å². The van der Waals surface area contributed by atoms with E-state index in [4.69, 9.17) is 0 Å². The fourth-order valence-electron chi connectivity index (χ4n) is 2.51. The molecule has 4 nitrogen and oxygen atoms in total. The number of hydrogen-bond donors (Lipinski definition) is 1. The number of piperidine rings is 1. The fourth-order valence-corrected chi connectivity index (χ4v) is 2.51. The van der Waals surface area contributed by atoms with Crippen LogP contribution in [0.3, 0.4) is 0 Å². The molecule has 0 bridgehead atoms. The van der Waals surface area contributed by atoms with Crippen molar-refractivity contribution in [3.63, 3.8) is 0 Å². The van der Waals surface area contributed by atoms with Gasteiger partial charge in [-0.15, -0.1) is 0 Å². The van der Waals surface area contributed by atoms with Crippen LogP contribution in [0.4, 0.5) is 0 Å². The first-order chi connectivity index (χ1) is 8.12. The molecule has 1 saturated heterocycles. The molecule has 1 fully saturated rings. The zero-order chi connectivity index (χ0) is 12.8. The number of aliphatic hydroxyl groups excluding tert-OH is 1. The molecule has 1 aliphatic rings. The van der Waals surface area contributed by atoms with Crippen molar-refractivity contribution in [1.29, 1.82) is 0 Å². The fraction of sp³-hybridized carbons (Fsp3) is 0.923. The van der Waals surface area contributed by atoms with Crippen molar-refractivity contribution in [3.8, 4) is 0 Å². The third kappa shape index (κ3) is 3.96. The van der Waals surface area contributed by atoms with Crippen LogP contribution in [0.25, 0.3) is 0 Å². The van der Waals surface area contributed by atoms with E-state index in [1.54, 1.807) is 0 Å². The van der Waals surface area contributed by atoms with E-state index >= 15 is 0 Å². The molecule has 1 aliphatic heterocycles. The van der Waals surface area contributed by atoms with Crippen LogP contribution in [-0.4, -0.2) is 59.6 Å². The standard InChI is InChI=1S/C13H26N2O2/c1-4-11-9-14(8-7-12(11)16)10-13(17)15(5-2)6-3/h11-12,16H,4-10H2,1-3H3. The van der Waals surface area contributed by atoms with Crippen molar-refractivity contribution in [1.82, 2.24) is 9.80 Å². The maximum Gasteiger partial charge on any atom is 0.236 e. The van der Waals surface area contributed by atoms with Crippen LogP contribution in [0, 0.1) is 5.92 Å². The quantitative estimate of drug-likeness (QED) is 0.780. The van der Waals surface area contributed by atoms with Crippen molar-refractivity contribution in [2.24, 2.45) is 5.92 Å². The Hall–Kier alpha value is -0.610. The Morgan fingerprint density at radius 2 is 2.00 bits per heavy atom. The minimum atomic E-state index is -0.181. The Balaban J connectivity index is 2.44. The molecule has 0 radical (unpaired) electrons. The summed E-state index contributed by atoms with van der Waals surface area (Å²) >= 11 is 0. The average molecular weight is 242 g/mol. The van der Waals surface area contributed by atoms with Gasteiger partial charge < -0.3 is 10.0 Å². The van der Waals surface area contributed by atoms with Crippen LogP contribution in [0.15, 0.2) is 0 Å². The van der Waals surface area contributed by atoms with Gasteiger partial charge in [0, 0.05) is 26.2 Å². The topological polar surface area (TPSA) is 43.8 Å². The van der Waals surface area contributed by atoms with Crippen molar-refractivity contribution < 1.29 is 9.90 Å². The number of amides is 1. The minimum absolute atomic E-state index is 0.181. The normalized spacial score (nSPS) is 25.9. The molecule has 2 atom stereocenters. The predicted molar refractivity (Wildman–Crippen MR) is 68.8 cm³/mol. The van der Waals surface area contributed by atoms with Crippen LogP contribution in [0.1, 0.15) is 33.6 Å². The second-order valence-electron chi connectivity index (χ2n) is 4.83. The molecule has 0 aliphatic carbocycles. The van der Waals surface area contributed by atoms with Gasteiger partial charge in [-0.05, 0) is 32.6 Å². The summed E-state index contributed by atoms with van der Waals surface area (Å²) < 4.78 is 0. The van der Waals surface area contributed by atoms with Gasteiger partial charge >= 0.3 is 0 Å². The van der Waals surface area contributed by atoms with E-state index < -0.39 is 0 Å².